The molecule has 1 saturated heterocycles. The molecule has 0 saturated carbocycles. The largest absolute Gasteiger partial charge is 0.444 e. The van der Waals surface area contributed by atoms with Crippen LogP contribution in [0.1, 0.15) is 71.0 Å². The molecule has 1 N–H and O–H groups in total. The first-order chi connectivity index (χ1) is 14.2. The van der Waals surface area contributed by atoms with Gasteiger partial charge in [0.05, 0.1) is 26.3 Å². The van der Waals surface area contributed by atoms with Crippen molar-refractivity contribution in [2.45, 2.75) is 77.7 Å². The molecule has 1 amide bonds. The fourth-order valence-corrected chi connectivity index (χ4v) is 5.46. The van der Waals surface area contributed by atoms with E-state index in [-0.39, 0.29) is 16.6 Å². The van der Waals surface area contributed by atoms with E-state index in [1.54, 1.807) is 11.8 Å². The molecule has 0 radical (unpaired) electrons. The molecule has 1 unspecified atom stereocenters. The van der Waals surface area contributed by atoms with Crippen LogP contribution in [0.5, 0.6) is 0 Å². The second-order valence-electron chi connectivity index (χ2n) is 7.40. The number of aromatic nitrogens is 2. The van der Waals surface area contributed by atoms with Gasteiger partial charge < -0.3 is 14.6 Å². The van der Waals surface area contributed by atoms with E-state index in [2.05, 4.69) is 34.0 Å². The van der Waals surface area contributed by atoms with E-state index >= 15 is 0 Å². The zero-order valence-corrected chi connectivity index (χ0v) is 21.8. The Kier molecular flexibility index (Phi) is 10.5. The number of anilines is 1. The SMILES string of the molecule is CC.CC.Cc1nc(C(C)(C)Sc2sc(NC(=O)C3CCN(C)C3)nc2C)oc1C. The van der Waals surface area contributed by atoms with E-state index in [1.165, 1.54) is 11.3 Å². The molecule has 0 bridgehead atoms. The van der Waals surface area contributed by atoms with Crippen LogP contribution in [-0.4, -0.2) is 40.9 Å². The summed E-state index contributed by atoms with van der Waals surface area (Å²) in [5.74, 6) is 1.68. The van der Waals surface area contributed by atoms with Gasteiger partial charge in [-0.3, -0.25) is 4.79 Å². The molecule has 0 aliphatic carbocycles. The van der Waals surface area contributed by atoms with E-state index in [0.717, 1.165) is 40.9 Å². The monoisotopic (exact) mass is 454 g/mol. The molecule has 1 aliphatic heterocycles. The van der Waals surface area contributed by atoms with Gasteiger partial charge >= 0.3 is 0 Å². The standard InChI is InChI=1S/C18H26N4O2S2.2C2H6/c1-10-12(3)24-16(19-10)18(4,5)26-15-11(2)20-17(25-15)21-14(23)13-7-8-22(6)9-13;2*1-2/h13H,7-9H2,1-6H3,(H,20,21,23);2*1-2H3. The lowest BCUT2D eigenvalue weighted by molar-refractivity contribution is -0.119. The topological polar surface area (TPSA) is 71.3 Å². The third-order valence-electron chi connectivity index (χ3n) is 4.64. The molecule has 3 rings (SSSR count). The Morgan fingerprint density at radius 1 is 1.17 bits per heavy atom. The molecule has 3 heterocycles. The van der Waals surface area contributed by atoms with Crippen LogP contribution in [0.15, 0.2) is 8.63 Å². The molecule has 1 fully saturated rings. The molecule has 2 aromatic heterocycles. The van der Waals surface area contributed by atoms with E-state index < -0.39 is 0 Å². The Bertz CT molecular complexity index is 795. The average Bonchev–Trinajstić information content (AvgIpc) is 3.39. The molecular formula is C22H38N4O2S2. The van der Waals surface area contributed by atoms with Gasteiger partial charge in [-0.25, -0.2) is 9.97 Å². The highest BCUT2D eigenvalue weighted by molar-refractivity contribution is 8.02. The summed E-state index contributed by atoms with van der Waals surface area (Å²) in [6.45, 7) is 19.8. The average molecular weight is 455 g/mol. The maximum Gasteiger partial charge on any atom is 0.230 e. The van der Waals surface area contributed by atoms with Gasteiger partial charge in [-0.2, -0.15) is 0 Å². The Morgan fingerprint density at radius 3 is 2.30 bits per heavy atom. The Labute approximate surface area is 190 Å². The predicted octanol–water partition coefficient (Wildman–Crippen LogP) is 6.03. The van der Waals surface area contributed by atoms with Crippen molar-refractivity contribution in [3.8, 4) is 0 Å². The molecule has 0 aromatic carbocycles. The van der Waals surface area contributed by atoms with Crippen molar-refractivity contribution in [3.63, 3.8) is 0 Å². The lowest BCUT2D eigenvalue weighted by Gasteiger charge is -2.19. The van der Waals surface area contributed by atoms with E-state index in [4.69, 9.17) is 4.42 Å². The van der Waals surface area contributed by atoms with Crippen molar-refractivity contribution in [1.29, 1.82) is 0 Å². The number of oxazole rings is 1. The molecule has 1 atom stereocenters. The second-order valence-corrected chi connectivity index (χ2v) is 10.3. The number of rotatable bonds is 5. The van der Waals surface area contributed by atoms with Crippen LogP contribution >= 0.6 is 23.1 Å². The fraction of sp³-hybridized carbons (Fsp3) is 0.682. The molecule has 2 aromatic rings. The van der Waals surface area contributed by atoms with Crippen LogP contribution in [0.4, 0.5) is 5.13 Å². The Hall–Kier alpha value is -1.38. The number of nitrogens with zero attached hydrogens (tertiary/aromatic N) is 3. The van der Waals surface area contributed by atoms with Crippen LogP contribution in [0.25, 0.3) is 0 Å². The summed E-state index contributed by atoms with van der Waals surface area (Å²) < 4.78 is 6.58. The van der Waals surface area contributed by atoms with Gasteiger partial charge in [0.1, 0.15) is 5.76 Å². The van der Waals surface area contributed by atoms with Crippen molar-refractivity contribution >= 4 is 34.1 Å². The Morgan fingerprint density at radius 2 is 1.80 bits per heavy atom. The zero-order chi connectivity index (χ0) is 23.1. The highest BCUT2D eigenvalue weighted by Gasteiger charge is 2.31. The highest BCUT2D eigenvalue weighted by atomic mass is 32.2. The summed E-state index contributed by atoms with van der Waals surface area (Å²) in [7, 11) is 2.05. The molecule has 1 aliphatic rings. The number of carbonyl (C=O) groups excluding carboxylic acids is 1. The van der Waals surface area contributed by atoms with Crippen LogP contribution in [0, 0.1) is 26.7 Å². The number of nitrogens with one attached hydrogen (secondary N) is 1. The number of hydrogen-bond acceptors (Lipinski definition) is 7. The minimum absolute atomic E-state index is 0.0509. The van der Waals surface area contributed by atoms with Crippen molar-refractivity contribution in [1.82, 2.24) is 14.9 Å². The second kappa shape index (κ2) is 11.9. The van der Waals surface area contributed by atoms with Crippen molar-refractivity contribution < 1.29 is 9.21 Å². The minimum Gasteiger partial charge on any atom is -0.444 e. The van der Waals surface area contributed by atoms with Crippen LogP contribution in [0.2, 0.25) is 0 Å². The smallest absolute Gasteiger partial charge is 0.230 e. The maximum absolute atomic E-state index is 12.4. The van der Waals surface area contributed by atoms with Gasteiger partial charge in [-0.15, -0.1) is 0 Å². The molecule has 0 spiro atoms. The summed E-state index contributed by atoms with van der Waals surface area (Å²) in [5, 5.41) is 3.66. The van der Waals surface area contributed by atoms with Gasteiger partial charge in [0, 0.05) is 6.54 Å². The van der Waals surface area contributed by atoms with Gasteiger partial charge in [0.15, 0.2) is 5.13 Å². The van der Waals surface area contributed by atoms with Crippen LogP contribution in [0.3, 0.4) is 0 Å². The van der Waals surface area contributed by atoms with E-state index in [9.17, 15) is 4.79 Å². The summed E-state index contributed by atoms with van der Waals surface area (Å²) >= 11 is 3.19. The molecule has 8 heteroatoms. The van der Waals surface area contributed by atoms with Gasteiger partial charge in [0.2, 0.25) is 11.8 Å². The minimum atomic E-state index is -0.314. The lowest BCUT2D eigenvalue weighted by atomic mass is 10.1. The normalized spacial score (nSPS) is 16.4. The van der Waals surface area contributed by atoms with Crippen molar-refractivity contribution in [2.75, 3.05) is 25.5 Å². The van der Waals surface area contributed by atoms with Crippen molar-refractivity contribution in [2.24, 2.45) is 5.92 Å². The number of thioether (sulfide) groups is 1. The van der Waals surface area contributed by atoms with Gasteiger partial charge in [-0.1, -0.05) is 50.8 Å². The number of thiazole rings is 1. The highest BCUT2D eigenvalue weighted by Crippen LogP contribution is 2.45. The summed E-state index contributed by atoms with van der Waals surface area (Å²) in [4.78, 5) is 23.7. The third-order valence-corrected chi connectivity index (χ3v) is 7.17. The number of hydrogen-bond donors (Lipinski definition) is 1. The first kappa shape index (κ1) is 26.7. The number of amides is 1. The maximum atomic E-state index is 12.4. The molecule has 6 nitrogen and oxygen atoms in total. The van der Waals surface area contributed by atoms with Gasteiger partial charge in [-0.05, 0) is 54.6 Å². The quantitative estimate of drug-likeness (QED) is 0.557. The lowest BCUT2D eigenvalue weighted by Crippen LogP contribution is -2.25. The van der Waals surface area contributed by atoms with E-state index in [1.807, 2.05) is 55.5 Å². The zero-order valence-electron chi connectivity index (χ0n) is 20.2. The summed E-state index contributed by atoms with van der Waals surface area (Å²) in [6, 6.07) is 0. The van der Waals surface area contributed by atoms with Crippen molar-refractivity contribution in [3.05, 3.63) is 23.0 Å². The summed E-state index contributed by atoms with van der Waals surface area (Å²) in [5.41, 5.74) is 1.84. The first-order valence-corrected chi connectivity index (χ1v) is 12.4. The number of carbonyl (C=O) groups is 1. The number of likely N-dealkylation sites (tertiary alicyclic amines) is 1. The molecular weight excluding hydrogens is 416 g/mol. The van der Waals surface area contributed by atoms with Crippen LogP contribution < -0.4 is 5.32 Å². The third kappa shape index (κ3) is 6.82. The fourth-order valence-electron chi connectivity index (χ4n) is 2.89. The van der Waals surface area contributed by atoms with E-state index in [0.29, 0.717) is 11.0 Å². The van der Waals surface area contributed by atoms with Crippen LogP contribution in [-0.2, 0) is 9.54 Å². The van der Waals surface area contributed by atoms with Gasteiger partial charge in [0.25, 0.3) is 0 Å². The summed E-state index contributed by atoms with van der Waals surface area (Å²) in [6.07, 6.45) is 0.907. The predicted molar refractivity (Wildman–Crippen MR) is 129 cm³/mol. The molecule has 30 heavy (non-hydrogen) atoms. The number of aryl methyl sites for hydroxylation is 3. The first-order valence-electron chi connectivity index (χ1n) is 10.8. The Balaban J connectivity index is 0.00000106. The molecule has 170 valence electrons.